The minimum absolute atomic E-state index is 0.0845. The molecule has 0 aromatic rings. The molecule has 0 bridgehead atoms. The second-order valence-corrected chi connectivity index (χ2v) is 22.4. The number of carbonyl (C=O) groups excluding carboxylic acids is 3. The van der Waals surface area contributed by atoms with Crippen LogP contribution in [-0.2, 0) is 28.6 Å². The molecule has 6 heteroatoms. The largest absolute Gasteiger partial charge is 0.462 e. The molecule has 1 unspecified atom stereocenters. The van der Waals surface area contributed by atoms with Gasteiger partial charge in [0.05, 0.1) is 0 Å². The highest BCUT2D eigenvalue weighted by Gasteiger charge is 2.19. The van der Waals surface area contributed by atoms with Gasteiger partial charge in [0, 0.05) is 19.3 Å². The molecular weight excluding hydrogens is 985 g/mol. The number of carbonyl (C=O) groups is 3. The van der Waals surface area contributed by atoms with Gasteiger partial charge in [-0.25, -0.2) is 0 Å². The lowest BCUT2D eigenvalue weighted by Crippen LogP contribution is -2.30. The molecule has 6 nitrogen and oxygen atoms in total. The molecule has 0 saturated carbocycles. The molecule has 0 aromatic heterocycles. The molecule has 0 radical (unpaired) electrons. The Balaban J connectivity index is 4.30. The van der Waals surface area contributed by atoms with Crippen molar-refractivity contribution in [2.45, 2.75) is 329 Å². The van der Waals surface area contributed by atoms with E-state index in [0.717, 1.165) is 122 Å². The SMILES string of the molecule is CC/C=C\C/C=C\C/C=C\C/C=C\C/C=C\C/C=C\C/C=C\C/C=C\CCCCCCC(=O)OCC(COC(=O)CCCCCCCCCCCC)OC(=O)CCCCCCCCCCCCC/C=C\CCCCCCCCCC. The summed E-state index contributed by atoms with van der Waals surface area (Å²) in [6.07, 6.45) is 92.5. The van der Waals surface area contributed by atoms with Crippen LogP contribution in [0.4, 0.5) is 0 Å². The number of hydrogen-bond acceptors (Lipinski definition) is 6. The highest BCUT2D eigenvalue weighted by atomic mass is 16.6. The maximum Gasteiger partial charge on any atom is 0.306 e. The molecule has 0 rings (SSSR count). The van der Waals surface area contributed by atoms with Crippen LogP contribution >= 0.6 is 0 Å². The second kappa shape index (κ2) is 67.6. The van der Waals surface area contributed by atoms with E-state index in [0.29, 0.717) is 19.3 Å². The molecular formula is C74H126O6. The van der Waals surface area contributed by atoms with Gasteiger partial charge in [-0.05, 0) is 109 Å². The fourth-order valence-electron chi connectivity index (χ4n) is 9.45. The summed E-state index contributed by atoms with van der Waals surface area (Å²) in [6, 6.07) is 0. The maximum atomic E-state index is 12.9. The zero-order valence-corrected chi connectivity index (χ0v) is 52.6. The fraction of sp³-hybridized carbons (Fsp3) is 0.716. The van der Waals surface area contributed by atoms with E-state index in [2.05, 4.69) is 130 Å². The van der Waals surface area contributed by atoms with E-state index >= 15 is 0 Å². The molecule has 0 N–H and O–H groups in total. The minimum Gasteiger partial charge on any atom is -0.462 e. The average Bonchev–Trinajstić information content (AvgIpc) is 3.46. The van der Waals surface area contributed by atoms with E-state index in [-0.39, 0.29) is 31.1 Å². The lowest BCUT2D eigenvalue weighted by atomic mass is 10.0. The van der Waals surface area contributed by atoms with Gasteiger partial charge in [-0.15, -0.1) is 0 Å². The highest BCUT2D eigenvalue weighted by Crippen LogP contribution is 2.16. The zero-order chi connectivity index (χ0) is 57.8. The molecule has 0 aliphatic heterocycles. The normalized spacial score (nSPS) is 12.8. The van der Waals surface area contributed by atoms with E-state index in [9.17, 15) is 14.4 Å². The van der Waals surface area contributed by atoms with E-state index in [1.807, 2.05) is 0 Å². The summed E-state index contributed by atoms with van der Waals surface area (Å²) in [6.45, 7) is 6.52. The van der Waals surface area contributed by atoms with Crippen LogP contribution < -0.4 is 0 Å². The average molecular weight is 1110 g/mol. The predicted octanol–water partition coefficient (Wildman–Crippen LogP) is 23.4. The number of unbranched alkanes of at least 4 members (excludes halogenated alkanes) is 32. The van der Waals surface area contributed by atoms with Gasteiger partial charge in [0.15, 0.2) is 6.10 Å². The Bertz CT molecular complexity index is 1610. The summed E-state index contributed by atoms with van der Waals surface area (Å²) >= 11 is 0. The number of rotatable bonds is 61. The predicted molar refractivity (Wildman–Crippen MR) is 348 cm³/mol. The van der Waals surface area contributed by atoms with Crippen molar-refractivity contribution >= 4 is 17.9 Å². The Labute approximate surface area is 495 Å². The molecule has 0 heterocycles. The quantitative estimate of drug-likeness (QED) is 0.0261. The highest BCUT2D eigenvalue weighted by molar-refractivity contribution is 5.71. The van der Waals surface area contributed by atoms with Crippen LogP contribution in [0.15, 0.2) is 109 Å². The van der Waals surface area contributed by atoms with E-state index in [1.165, 1.54) is 161 Å². The first-order valence-corrected chi connectivity index (χ1v) is 33.9. The summed E-state index contributed by atoms with van der Waals surface area (Å²) < 4.78 is 16.9. The second-order valence-electron chi connectivity index (χ2n) is 22.4. The molecule has 0 aromatic carbocycles. The third kappa shape index (κ3) is 64.9. The van der Waals surface area contributed by atoms with Crippen molar-refractivity contribution < 1.29 is 28.6 Å². The number of hydrogen-bond donors (Lipinski definition) is 0. The Morgan fingerprint density at radius 2 is 0.487 bits per heavy atom. The van der Waals surface area contributed by atoms with Gasteiger partial charge in [0.1, 0.15) is 13.2 Å². The standard InChI is InChI=1S/C74H126O6/c1-4-7-10-13-16-19-22-24-26-28-30-32-34-35-36-37-38-39-41-42-44-46-48-50-52-55-58-61-64-67-73(76)79-70-71(69-78-72(75)66-63-60-57-54-21-18-15-12-9-6-3)80-74(77)68-65-62-59-56-53-51-49-47-45-43-40-33-31-29-27-25-23-20-17-14-11-8-5-2/h7,10,16,19,24,26,29-32,35-36,38-39,42,44,48,50,71H,4-6,8-9,11-15,17-18,20-23,25,27-28,33-34,37,40-41,43,45-47,49,51-70H2,1-3H3/b10-7-,19-16-,26-24-,31-29-,32-30-,36-35-,39-38-,44-42-,50-48-. The molecule has 0 spiro atoms. The van der Waals surface area contributed by atoms with Crippen molar-refractivity contribution in [3.63, 3.8) is 0 Å². The van der Waals surface area contributed by atoms with Crippen molar-refractivity contribution in [2.75, 3.05) is 13.2 Å². The summed E-state index contributed by atoms with van der Waals surface area (Å²) in [4.78, 5) is 38.3. The summed E-state index contributed by atoms with van der Waals surface area (Å²) in [7, 11) is 0. The van der Waals surface area contributed by atoms with Gasteiger partial charge in [-0.3, -0.25) is 14.4 Å². The zero-order valence-electron chi connectivity index (χ0n) is 52.6. The third-order valence-electron chi connectivity index (χ3n) is 14.5. The van der Waals surface area contributed by atoms with Crippen LogP contribution in [0.5, 0.6) is 0 Å². The van der Waals surface area contributed by atoms with Crippen LogP contribution in [0.3, 0.4) is 0 Å². The molecule has 0 aliphatic carbocycles. The van der Waals surface area contributed by atoms with Crippen LogP contribution in [0.25, 0.3) is 0 Å². The topological polar surface area (TPSA) is 78.9 Å². The number of allylic oxidation sites excluding steroid dienone is 18. The Hall–Kier alpha value is -3.93. The fourth-order valence-corrected chi connectivity index (χ4v) is 9.45. The first kappa shape index (κ1) is 76.1. The maximum absolute atomic E-state index is 12.9. The minimum atomic E-state index is -0.789. The van der Waals surface area contributed by atoms with Crippen LogP contribution in [0.2, 0.25) is 0 Å². The van der Waals surface area contributed by atoms with Crippen molar-refractivity contribution in [1.29, 1.82) is 0 Å². The Kier molecular flexibility index (Phi) is 64.3. The molecule has 458 valence electrons. The van der Waals surface area contributed by atoms with Gasteiger partial charge < -0.3 is 14.2 Å². The monoisotopic (exact) mass is 1110 g/mol. The van der Waals surface area contributed by atoms with Crippen molar-refractivity contribution in [3.05, 3.63) is 109 Å². The molecule has 0 saturated heterocycles. The lowest BCUT2D eigenvalue weighted by Gasteiger charge is -2.18. The molecule has 0 fully saturated rings. The van der Waals surface area contributed by atoms with Crippen LogP contribution in [0, 0.1) is 0 Å². The van der Waals surface area contributed by atoms with E-state index < -0.39 is 6.10 Å². The van der Waals surface area contributed by atoms with E-state index in [1.54, 1.807) is 0 Å². The first-order chi connectivity index (χ1) is 39.5. The summed E-state index contributed by atoms with van der Waals surface area (Å²) in [5.74, 6) is -0.903. The van der Waals surface area contributed by atoms with Crippen molar-refractivity contribution in [2.24, 2.45) is 0 Å². The smallest absolute Gasteiger partial charge is 0.306 e. The summed E-state index contributed by atoms with van der Waals surface area (Å²) in [5.41, 5.74) is 0. The molecule has 80 heavy (non-hydrogen) atoms. The van der Waals surface area contributed by atoms with Gasteiger partial charge >= 0.3 is 17.9 Å². The first-order valence-electron chi connectivity index (χ1n) is 33.9. The van der Waals surface area contributed by atoms with E-state index in [4.69, 9.17) is 14.2 Å². The summed E-state index contributed by atoms with van der Waals surface area (Å²) in [5, 5.41) is 0. The van der Waals surface area contributed by atoms with Crippen LogP contribution in [0.1, 0.15) is 323 Å². The van der Waals surface area contributed by atoms with Crippen molar-refractivity contribution in [3.8, 4) is 0 Å². The Morgan fingerprint density at radius 1 is 0.263 bits per heavy atom. The van der Waals surface area contributed by atoms with Gasteiger partial charge in [-0.2, -0.15) is 0 Å². The van der Waals surface area contributed by atoms with Gasteiger partial charge in [0.2, 0.25) is 0 Å². The molecule has 1 atom stereocenters. The van der Waals surface area contributed by atoms with Gasteiger partial charge in [-0.1, -0.05) is 304 Å². The molecule has 0 aliphatic rings. The van der Waals surface area contributed by atoms with Crippen molar-refractivity contribution in [1.82, 2.24) is 0 Å². The lowest BCUT2D eigenvalue weighted by molar-refractivity contribution is -0.167. The third-order valence-corrected chi connectivity index (χ3v) is 14.5. The van der Waals surface area contributed by atoms with Gasteiger partial charge in [0.25, 0.3) is 0 Å². The number of esters is 3. The molecule has 0 amide bonds. The number of ether oxygens (including phenoxy) is 3. The Morgan fingerprint density at radius 3 is 0.775 bits per heavy atom. The van der Waals surface area contributed by atoms with Crippen LogP contribution in [-0.4, -0.2) is 37.2 Å².